The molecule has 10 heteroatoms. The Morgan fingerprint density at radius 3 is 1.24 bits per heavy atom. The van der Waals surface area contributed by atoms with Crippen molar-refractivity contribution in [2.24, 2.45) is 0 Å². The van der Waals surface area contributed by atoms with E-state index >= 15 is 0 Å². The van der Waals surface area contributed by atoms with E-state index in [1.807, 2.05) is 33.3 Å². The average molecular weight is 1140 g/mol. The zero-order valence-corrected chi connectivity index (χ0v) is 53.9. The van der Waals surface area contributed by atoms with Crippen LogP contribution in [0.3, 0.4) is 0 Å². The molecule has 9 nitrogen and oxygen atoms in total. The first-order valence-electron chi connectivity index (χ1n) is 33.4. The van der Waals surface area contributed by atoms with E-state index in [1.54, 1.807) is 0 Å². The van der Waals surface area contributed by atoms with E-state index in [2.05, 4.69) is 99.0 Å². The number of hydrogen-bond donors (Lipinski definition) is 1. The summed E-state index contributed by atoms with van der Waals surface area (Å²) in [5.74, 6) is -0.574. The van der Waals surface area contributed by atoms with Gasteiger partial charge in [-0.3, -0.25) is 14.2 Å². The Kier molecular flexibility index (Phi) is 57.3. The number of unbranched alkanes of at least 4 members (excludes halogenated alkanes) is 32. The normalized spacial score (nSPS) is 14.1. The number of allylic oxidation sites excluding steroid dienone is 13. The van der Waals surface area contributed by atoms with Crippen LogP contribution in [0.4, 0.5) is 0 Å². The molecule has 0 bridgehead atoms. The summed E-state index contributed by atoms with van der Waals surface area (Å²) in [6.07, 6.45) is 78.6. The summed E-state index contributed by atoms with van der Waals surface area (Å²) < 4.78 is 30.3. The second kappa shape index (κ2) is 59.4. The molecule has 0 rings (SSSR count). The van der Waals surface area contributed by atoms with Crippen molar-refractivity contribution in [1.29, 1.82) is 0 Å². The van der Waals surface area contributed by atoms with Gasteiger partial charge in [0.05, 0.1) is 33.8 Å². The van der Waals surface area contributed by atoms with Gasteiger partial charge in [0.15, 0.2) is 0 Å². The largest absolute Gasteiger partial charge is 0.756 e. The maximum atomic E-state index is 13.5. The van der Waals surface area contributed by atoms with E-state index in [0.29, 0.717) is 17.4 Å². The van der Waals surface area contributed by atoms with Crippen molar-refractivity contribution in [1.82, 2.24) is 5.32 Å². The number of amides is 1. The summed E-state index contributed by atoms with van der Waals surface area (Å²) in [6.45, 7) is 6.69. The van der Waals surface area contributed by atoms with Crippen LogP contribution in [0, 0.1) is 0 Å². The van der Waals surface area contributed by atoms with E-state index < -0.39 is 26.6 Å². The maximum absolute atomic E-state index is 13.5. The van der Waals surface area contributed by atoms with Crippen LogP contribution in [0.25, 0.3) is 0 Å². The van der Waals surface area contributed by atoms with Crippen molar-refractivity contribution < 1.29 is 37.3 Å². The number of hydrogen-bond acceptors (Lipinski definition) is 7. The van der Waals surface area contributed by atoms with E-state index in [0.717, 1.165) is 89.9 Å². The number of nitrogens with zero attached hydrogens (tertiary/aromatic N) is 1. The van der Waals surface area contributed by atoms with E-state index in [1.165, 1.54) is 167 Å². The number of nitrogens with one attached hydrogen (secondary N) is 1. The Morgan fingerprint density at radius 2 is 0.800 bits per heavy atom. The quantitative estimate of drug-likeness (QED) is 0.0212. The number of esters is 1. The lowest BCUT2D eigenvalue weighted by Gasteiger charge is -2.30. The standard InChI is InChI=1S/C70H127N2O7P/c1-7-10-13-16-19-22-25-27-29-31-32-33-34-35-36-37-38-39-40-41-43-45-48-51-54-57-60-63-70(74)79-68(61-58-55-52-49-46-24-21-18-15-12-9-3)67(66-78-80(75,76)77-65-64-72(4,5)6)71-69(73)62-59-56-53-50-47-44-42-30-28-26-23-20-17-14-11-8-2/h11,14,19-20,22-23,27-30,44,47,58,61,67-68H,7-10,12-13,15-18,21,24-26,31-43,45-46,48-57,59-60,62-66H2,1-6H3,(H-,71,73,75,76)/b14-11+,22-19-,23-20+,29-27-,30-28+,47-44+,61-58-. The molecule has 1 amide bonds. The number of carbonyl (C=O) groups is 2. The predicted octanol–water partition coefficient (Wildman–Crippen LogP) is 20.3. The lowest BCUT2D eigenvalue weighted by molar-refractivity contribution is -0.870. The molecule has 0 radical (unpaired) electrons. The van der Waals surface area contributed by atoms with Crippen molar-refractivity contribution in [2.75, 3.05) is 40.9 Å². The molecular weight excluding hydrogens is 1010 g/mol. The highest BCUT2D eigenvalue weighted by molar-refractivity contribution is 7.45. The van der Waals surface area contributed by atoms with Gasteiger partial charge in [0.1, 0.15) is 19.3 Å². The Balaban J connectivity index is 5.03. The predicted molar refractivity (Wildman–Crippen MR) is 344 cm³/mol. The Labute approximate surface area is 495 Å². The average Bonchev–Trinajstić information content (AvgIpc) is 3.43. The van der Waals surface area contributed by atoms with Crippen LogP contribution in [-0.4, -0.2) is 69.4 Å². The van der Waals surface area contributed by atoms with Crippen molar-refractivity contribution in [3.05, 3.63) is 85.1 Å². The van der Waals surface area contributed by atoms with Crippen molar-refractivity contribution >= 4 is 19.7 Å². The van der Waals surface area contributed by atoms with Gasteiger partial charge in [-0.2, -0.15) is 0 Å². The smallest absolute Gasteiger partial charge is 0.306 e. The molecule has 3 atom stereocenters. The SMILES string of the molecule is CC/C=C/C/C=C/C/C=C/C/C=C/CCCCCC(=O)NC(COP(=O)([O-])OCC[N+](C)(C)C)C(/C=C\CCCCCCCCCCC)OC(=O)CCCCCCCCCCCCCCCCCCC/C=C\C/C=C\CCCCC. The van der Waals surface area contributed by atoms with Crippen molar-refractivity contribution in [3.8, 4) is 0 Å². The topological polar surface area (TPSA) is 114 Å². The van der Waals surface area contributed by atoms with E-state index in [-0.39, 0.29) is 31.3 Å². The Morgan fingerprint density at radius 1 is 0.450 bits per heavy atom. The van der Waals surface area contributed by atoms with Gasteiger partial charge in [0, 0.05) is 12.8 Å². The van der Waals surface area contributed by atoms with Gasteiger partial charge in [0.25, 0.3) is 7.82 Å². The highest BCUT2D eigenvalue weighted by Crippen LogP contribution is 2.38. The zero-order chi connectivity index (χ0) is 58.6. The number of carbonyl (C=O) groups excluding carboxylic acids is 2. The summed E-state index contributed by atoms with van der Waals surface area (Å²) in [6, 6.07) is -0.907. The molecule has 0 spiro atoms. The van der Waals surface area contributed by atoms with Crippen LogP contribution >= 0.6 is 7.82 Å². The molecule has 464 valence electrons. The molecule has 0 fully saturated rings. The lowest BCUT2D eigenvalue weighted by Crippen LogP contribution is -2.47. The number of rotatable bonds is 60. The highest BCUT2D eigenvalue weighted by atomic mass is 31.2. The summed E-state index contributed by atoms with van der Waals surface area (Å²) in [7, 11) is 1.16. The molecule has 0 saturated heterocycles. The first-order chi connectivity index (χ1) is 38.9. The van der Waals surface area contributed by atoms with Gasteiger partial charge in [-0.25, -0.2) is 0 Å². The van der Waals surface area contributed by atoms with Crippen LogP contribution < -0.4 is 10.2 Å². The third-order valence-electron chi connectivity index (χ3n) is 14.6. The minimum absolute atomic E-state index is 0.0309. The first-order valence-corrected chi connectivity index (χ1v) is 34.9. The van der Waals surface area contributed by atoms with Crippen LogP contribution in [0.5, 0.6) is 0 Å². The van der Waals surface area contributed by atoms with Crippen LogP contribution in [0.15, 0.2) is 85.1 Å². The number of likely N-dealkylation sites (N-methyl/N-ethyl adjacent to an activating group) is 1. The summed E-state index contributed by atoms with van der Waals surface area (Å²) in [4.78, 5) is 40.0. The molecular formula is C70H127N2O7P. The molecule has 0 saturated carbocycles. The van der Waals surface area contributed by atoms with Crippen LogP contribution in [0.1, 0.15) is 297 Å². The van der Waals surface area contributed by atoms with Gasteiger partial charge in [0.2, 0.25) is 5.91 Å². The summed E-state index contributed by atoms with van der Waals surface area (Å²) in [5, 5.41) is 3.01. The van der Waals surface area contributed by atoms with Crippen LogP contribution in [-0.2, 0) is 27.9 Å². The van der Waals surface area contributed by atoms with Gasteiger partial charge in [-0.05, 0) is 102 Å². The minimum atomic E-state index is -4.71. The van der Waals surface area contributed by atoms with E-state index in [9.17, 15) is 19.0 Å². The third kappa shape index (κ3) is 59.8. The monoisotopic (exact) mass is 1140 g/mol. The summed E-state index contributed by atoms with van der Waals surface area (Å²) >= 11 is 0. The molecule has 3 unspecified atom stereocenters. The van der Waals surface area contributed by atoms with Gasteiger partial charge >= 0.3 is 5.97 Å². The molecule has 0 aliphatic carbocycles. The zero-order valence-electron chi connectivity index (χ0n) is 53.0. The fourth-order valence-corrected chi connectivity index (χ4v) is 10.1. The minimum Gasteiger partial charge on any atom is -0.756 e. The third-order valence-corrected chi connectivity index (χ3v) is 15.5. The van der Waals surface area contributed by atoms with Crippen molar-refractivity contribution in [3.63, 3.8) is 0 Å². The first kappa shape index (κ1) is 77.2. The molecule has 0 aliphatic heterocycles. The second-order valence-electron chi connectivity index (χ2n) is 23.6. The number of phosphoric acid groups is 1. The van der Waals surface area contributed by atoms with Crippen molar-refractivity contribution in [2.45, 2.75) is 309 Å². The van der Waals surface area contributed by atoms with Gasteiger partial charge in [-0.15, -0.1) is 0 Å². The molecule has 0 aromatic carbocycles. The molecule has 80 heavy (non-hydrogen) atoms. The Bertz CT molecular complexity index is 1640. The van der Waals surface area contributed by atoms with Gasteiger partial charge < -0.3 is 28.5 Å². The number of phosphoric ester groups is 1. The number of quaternary nitrogens is 1. The maximum Gasteiger partial charge on any atom is 0.306 e. The van der Waals surface area contributed by atoms with E-state index in [4.69, 9.17) is 13.8 Å². The van der Waals surface area contributed by atoms with Crippen LogP contribution in [0.2, 0.25) is 0 Å². The Hall–Kier alpha value is -2.81. The molecule has 1 N–H and O–H groups in total. The van der Waals surface area contributed by atoms with Gasteiger partial charge in [-0.1, -0.05) is 267 Å². The fourth-order valence-electron chi connectivity index (χ4n) is 9.43. The molecule has 0 heterocycles. The second-order valence-corrected chi connectivity index (χ2v) is 25.0. The lowest BCUT2D eigenvalue weighted by atomic mass is 10.0. The number of ether oxygens (including phenoxy) is 1. The molecule has 0 aromatic rings. The fraction of sp³-hybridized carbons (Fsp3) is 0.771. The highest BCUT2D eigenvalue weighted by Gasteiger charge is 2.27. The summed E-state index contributed by atoms with van der Waals surface area (Å²) in [5.41, 5.74) is 0. The molecule has 0 aromatic heterocycles. The molecule has 0 aliphatic rings.